The molecule has 0 fully saturated rings. The van der Waals surface area contributed by atoms with Crippen LogP contribution in [0, 0.1) is 13.8 Å². The Labute approximate surface area is 102 Å². The predicted octanol–water partition coefficient (Wildman–Crippen LogP) is 3.12. The standard InChI is InChI=1S/C14H18N2O/c1-10-4-6-12(7-5-10)8-9-13-11(2)17-14(15-3)16-13/h4-7H,8-9H2,1-3H3,(H,15,16). The first kappa shape index (κ1) is 11.7. The lowest BCUT2D eigenvalue weighted by molar-refractivity contribution is 0.540. The zero-order chi connectivity index (χ0) is 12.3. The molecule has 1 heterocycles. The highest BCUT2D eigenvalue weighted by Crippen LogP contribution is 2.16. The van der Waals surface area contributed by atoms with E-state index >= 15 is 0 Å². The second-order valence-electron chi connectivity index (χ2n) is 4.26. The quantitative estimate of drug-likeness (QED) is 0.877. The summed E-state index contributed by atoms with van der Waals surface area (Å²) >= 11 is 0. The third-order valence-corrected chi connectivity index (χ3v) is 2.88. The maximum atomic E-state index is 5.45. The summed E-state index contributed by atoms with van der Waals surface area (Å²) in [7, 11) is 1.81. The Bertz CT molecular complexity index is 485. The van der Waals surface area contributed by atoms with Crippen LogP contribution in [0.2, 0.25) is 0 Å². The van der Waals surface area contributed by atoms with Gasteiger partial charge in [0.2, 0.25) is 0 Å². The van der Waals surface area contributed by atoms with Crippen molar-refractivity contribution in [2.75, 3.05) is 12.4 Å². The highest BCUT2D eigenvalue weighted by Gasteiger charge is 2.08. The Hall–Kier alpha value is -1.77. The molecule has 0 saturated carbocycles. The Kier molecular flexibility index (Phi) is 3.47. The minimum absolute atomic E-state index is 0.599. The van der Waals surface area contributed by atoms with Crippen LogP contribution in [0.1, 0.15) is 22.6 Å². The van der Waals surface area contributed by atoms with Gasteiger partial charge in [0.15, 0.2) is 0 Å². The van der Waals surface area contributed by atoms with E-state index in [-0.39, 0.29) is 0 Å². The molecule has 0 unspecified atom stereocenters. The van der Waals surface area contributed by atoms with E-state index in [4.69, 9.17) is 4.42 Å². The predicted molar refractivity (Wildman–Crippen MR) is 69.4 cm³/mol. The van der Waals surface area contributed by atoms with Gasteiger partial charge >= 0.3 is 0 Å². The fourth-order valence-corrected chi connectivity index (χ4v) is 1.78. The third-order valence-electron chi connectivity index (χ3n) is 2.88. The van der Waals surface area contributed by atoms with Gasteiger partial charge in [-0.05, 0) is 32.3 Å². The van der Waals surface area contributed by atoms with Crippen molar-refractivity contribution in [3.05, 3.63) is 46.8 Å². The molecule has 1 N–H and O–H groups in total. The third kappa shape index (κ3) is 2.87. The van der Waals surface area contributed by atoms with Gasteiger partial charge in [-0.25, -0.2) is 0 Å². The van der Waals surface area contributed by atoms with Crippen molar-refractivity contribution < 1.29 is 4.42 Å². The van der Waals surface area contributed by atoms with Crippen LogP contribution in [0.25, 0.3) is 0 Å². The largest absolute Gasteiger partial charge is 0.429 e. The summed E-state index contributed by atoms with van der Waals surface area (Å²) in [6.45, 7) is 4.06. The lowest BCUT2D eigenvalue weighted by Crippen LogP contribution is -1.94. The molecule has 3 nitrogen and oxygen atoms in total. The summed E-state index contributed by atoms with van der Waals surface area (Å²) in [6, 6.07) is 9.23. The molecule has 0 aliphatic carbocycles. The molecule has 0 amide bonds. The van der Waals surface area contributed by atoms with E-state index in [0.29, 0.717) is 6.01 Å². The maximum absolute atomic E-state index is 5.45. The fraction of sp³-hybridized carbons (Fsp3) is 0.357. The van der Waals surface area contributed by atoms with E-state index in [0.717, 1.165) is 24.3 Å². The number of aromatic nitrogens is 1. The van der Waals surface area contributed by atoms with Crippen molar-refractivity contribution >= 4 is 6.01 Å². The number of oxazole rings is 1. The molecule has 3 heteroatoms. The van der Waals surface area contributed by atoms with E-state index in [1.807, 2.05) is 14.0 Å². The van der Waals surface area contributed by atoms with Crippen molar-refractivity contribution in [2.24, 2.45) is 0 Å². The van der Waals surface area contributed by atoms with Gasteiger partial charge in [-0.2, -0.15) is 4.98 Å². The van der Waals surface area contributed by atoms with Crippen LogP contribution in [0.15, 0.2) is 28.7 Å². The Morgan fingerprint density at radius 1 is 1.12 bits per heavy atom. The SMILES string of the molecule is CNc1nc(CCc2ccc(C)cc2)c(C)o1. The number of rotatable bonds is 4. The first-order valence-corrected chi connectivity index (χ1v) is 5.88. The molecule has 0 bridgehead atoms. The van der Waals surface area contributed by atoms with Crippen molar-refractivity contribution in [2.45, 2.75) is 26.7 Å². The van der Waals surface area contributed by atoms with Crippen LogP contribution in [0.4, 0.5) is 6.01 Å². The van der Waals surface area contributed by atoms with Crippen molar-refractivity contribution in [3.63, 3.8) is 0 Å². The average molecular weight is 230 g/mol. The molecular weight excluding hydrogens is 212 g/mol. The first-order chi connectivity index (χ1) is 8.19. The summed E-state index contributed by atoms with van der Waals surface area (Å²) in [5.74, 6) is 0.904. The van der Waals surface area contributed by atoms with Crippen LogP contribution in [-0.2, 0) is 12.8 Å². The monoisotopic (exact) mass is 230 g/mol. The second kappa shape index (κ2) is 5.04. The highest BCUT2D eigenvalue weighted by molar-refractivity contribution is 5.26. The van der Waals surface area contributed by atoms with Crippen LogP contribution in [-0.4, -0.2) is 12.0 Å². The van der Waals surface area contributed by atoms with E-state index in [9.17, 15) is 0 Å². The Balaban J connectivity index is 2.01. The van der Waals surface area contributed by atoms with Crippen molar-refractivity contribution in [1.82, 2.24) is 4.98 Å². The number of aryl methyl sites for hydroxylation is 4. The van der Waals surface area contributed by atoms with Gasteiger partial charge in [-0.3, -0.25) is 0 Å². The molecule has 0 aliphatic heterocycles. The summed E-state index contributed by atoms with van der Waals surface area (Å²) in [5, 5.41) is 2.92. The Morgan fingerprint density at radius 2 is 1.82 bits per heavy atom. The summed E-state index contributed by atoms with van der Waals surface area (Å²) < 4.78 is 5.45. The number of nitrogens with one attached hydrogen (secondary N) is 1. The molecule has 0 radical (unpaired) electrons. The lowest BCUT2D eigenvalue weighted by Gasteiger charge is -2.00. The van der Waals surface area contributed by atoms with Crippen LogP contribution in [0.3, 0.4) is 0 Å². The molecule has 0 spiro atoms. The van der Waals surface area contributed by atoms with Crippen LogP contribution in [0.5, 0.6) is 0 Å². The molecule has 90 valence electrons. The molecular formula is C14H18N2O. The molecule has 2 aromatic rings. The van der Waals surface area contributed by atoms with Gasteiger partial charge < -0.3 is 9.73 Å². The fourth-order valence-electron chi connectivity index (χ4n) is 1.78. The summed E-state index contributed by atoms with van der Waals surface area (Å²) in [4.78, 5) is 4.38. The summed E-state index contributed by atoms with van der Waals surface area (Å²) in [5.41, 5.74) is 3.67. The smallest absolute Gasteiger partial charge is 0.294 e. The zero-order valence-corrected chi connectivity index (χ0v) is 10.6. The van der Waals surface area contributed by atoms with Gasteiger partial charge in [0, 0.05) is 7.05 Å². The van der Waals surface area contributed by atoms with Gasteiger partial charge in [0.25, 0.3) is 6.01 Å². The number of hydrogen-bond acceptors (Lipinski definition) is 3. The molecule has 1 aromatic carbocycles. The molecule has 0 aliphatic rings. The Morgan fingerprint density at radius 3 is 2.41 bits per heavy atom. The molecule has 0 saturated heterocycles. The molecule has 0 atom stereocenters. The summed E-state index contributed by atoms with van der Waals surface area (Å²) in [6.07, 6.45) is 1.91. The topological polar surface area (TPSA) is 38.1 Å². The minimum Gasteiger partial charge on any atom is -0.429 e. The van der Waals surface area contributed by atoms with Crippen molar-refractivity contribution in [3.8, 4) is 0 Å². The van der Waals surface area contributed by atoms with Gasteiger partial charge in [0.05, 0.1) is 5.69 Å². The van der Waals surface area contributed by atoms with Gasteiger partial charge in [0.1, 0.15) is 5.76 Å². The maximum Gasteiger partial charge on any atom is 0.294 e. The van der Waals surface area contributed by atoms with Crippen LogP contribution >= 0.6 is 0 Å². The van der Waals surface area contributed by atoms with E-state index in [1.54, 1.807) is 0 Å². The zero-order valence-electron chi connectivity index (χ0n) is 10.6. The number of benzene rings is 1. The molecule has 1 aromatic heterocycles. The van der Waals surface area contributed by atoms with E-state index in [2.05, 4.69) is 41.5 Å². The number of nitrogens with zero attached hydrogens (tertiary/aromatic N) is 1. The van der Waals surface area contributed by atoms with Crippen LogP contribution < -0.4 is 5.32 Å². The van der Waals surface area contributed by atoms with Gasteiger partial charge in [-0.1, -0.05) is 29.8 Å². The first-order valence-electron chi connectivity index (χ1n) is 5.88. The highest BCUT2D eigenvalue weighted by atomic mass is 16.4. The lowest BCUT2D eigenvalue weighted by atomic mass is 10.1. The van der Waals surface area contributed by atoms with E-state index in [1.165, 1.54) is 11.1 Å². The van der Waals surface area contributed by atoms with Crippen molar-refractivity contribution in [1.29, 1.82) is 0 Å². The molecule has 17 heavy (non-hydrogen) atoms. The number of anilines is 1. The molecule has 2 rings (SSSR count). The normalized spacial score (nSPS) is 10.5. The average Bonchev–Trinajstić information content (AvgIpc) is 2.69. The van der Waals surface area contributed by atoms with E-state index < -0.39 is 0 Å². The second-order valence-corrected chi connectivity index (χ2v) is 4.26. The minimum atomic E-state index is 0.599. The van der Waals surface area contributed by atoms with Gasteiger partial charge in [-0.15, -0.1) is 0 Å². The number of hydrogen-bond donors (Lipinski definition) is 1.